The summed E-state index contributed by atoms with van der Waals surface area (Å²) in [6.07, 6.45) is 0. The molecular formula is C24H30BrN3O3S. The van der Waals surface area contributed by atoms with E-state index < -0.39 is 0 Å². The first-order valence-electron chi connectivity index (χ1n) is 10.6. The zero-order valence-corrected chi connectivity index (χ0v) is 21.7. The van der Waals surface area contributed by atoms with Gasteiger partial charge in [0.1, 0.15) is 4.99 Å². The van der Waals surface area contributed by atoms with Crippen LogP contribution in [0.3, 0.4) is 0 Å². The summed E-state index contributed by atoms with van der Waals surface area (Å²) in [5.74, 6) is 0.775. The van der Waals surface area contributed by atoms with E-state index in [1.807, 2.05) is 45.0 Å². The summed E-state index contributed by atoms with van der Waals surface area (Å²) in [7, 11) is 3.69. The van der Waals surface area contributed by atoms with Crippen molar-refractivity contribution in [1.82, 2.24) is 9.80 Å². The Balaban J connectivity index is 1.70. The minimum Gasteiger partial charge on any atom is -0.493 e. The van der Waals surface area contributed by atoms with Crippen molar-refractivity contribution in [1.29, 1.82) is 0 Å². The molecule has 1 aliphatic rings. The molecule has 0 atom stereocenters. The molecule has 0 aromatic heterocycles. The third kappa shape index (κ3) is 5.79. The Morgan fingerprint density at radius 2 is 1.72 bits per heavy atom. The lowest BCUT2D eigenvalue weighted by molar-refractivity contribution is -0.118. The van der Waals surface area contributed by atoms with Crippen LogP contribution >= 0.6 is 28.1 Å². The van der Waals surface area contributed by atoms with Crippen molar-refractivity contribution in [2.75, 3.05) is 52.3 Å². The van der Waals surface area contributed by atoms with Crippen molar-refractivity contribution in [2.45, 2.75) is 20.8 Å². The summed E-state index contributed by atoms with van der Waals surface area (Å²) in [6, 6.07) is 7.88. The average Bonchev–Trinajstić information content (AvgIpc) is 2.74. The number of benzene rings is 2. The lowest BCUT2D eigenvalue weighted by Crippen LogP contribution is -2.46. The maximum atomic E-state index is 12.6. The van der Waals surface area contributed by atoms with Crippen molar-refractivity contribution in [3.8, 4) is 11.5 Å². The number of nitrogens with zero attached hydrogens (tertiary/aromatic N) is 2. The van der Waals surface area contributed by atoms with Crippen molar-refractivity contribution >= 4 is 44.7 Å². The van der Waals surface area contributed by atoms with E-state index in [0.29, 0.717) is 16.0 Å². The quantitative estimate of drug-likeness (QED) is 0.573. The van der Waals surface area contributed by atoms with Gasteiger partial charge in [0.25, 0.3) is 5.91 Å². The van der Waals surface area contributed by atoms with E-state index in [4.69, 9.17) is 21.7 Å². The summed E-state index contributed by atoms with van der Waals surface area (Å²) in [4.78, 5) is 17.8. The van der Waals surface area contributed by atoms with E-state index in [1.165, 1.54) is 0 Å². The van der Waals surface area contributed by atoms with E-state index in [9.17, 15) is 4.79 Å². The van der Waals surface area contributed by atoms with Gasteiger partial charge >= 0.3 is 0 Å². The Kier molecular flexibility index (Phi) is 8.14. The van der Waals surface area contributed by atoms with Gasteiger partial charge in [0.2, 0.25) is 0 Å². The number of hydrogen-bond donors (Lipinski definition) is 1. The standard InChI is InChI=1S/C24H30BrN3O3S/c1-15-10-16(2)22(17(3)11-15)26-21(29)14-31-23-19(25)12-18(13-20(23)30-5)24(32)28-8-6-27(4)7-9-28/h10-13H,6-9,14H2,1-5H3,(H,26,29). The van der Waals surface area contributed by atoms with Gasteiger partial charge in [-0.1, -0.05) is 29.9 Å². The monoisotopic (exact) mass is 519 g/mol. The smallest absolute Gasteiger partial charge is 0.262 e. The Bertz CT molecular complexity index is 997. The number of hydrogen-bond acceptors (Lipinski definition) is 5. The maximum Gasteiger partial charge on any atom is 0.262 e. The average molecular weight is 520 g/mol. The number of thiocarbonyl (C=S) groups is 1. The SMILES string of the molecule is COc1cc(C(=S)N2CCN(C)CC2)cc(Br)c1OCC(=O)Nc1c(C)cc(C)cc1C. The van der Waals surface area contributed by atoms with Gasteiger partial charge in [-0.05, 0) is 67.0 Å². The summed E-state index contributed by atoms with van der Waals surface area (Å²) >= 11 is 9.29. The fourth-order valence-corrected chi connectivity index (χ4v) is 4.72. The molecule has 0 radical (unpaired) electrons. The molecule has 1 aliphatic heterocycles. The lowest BCUT2D eigenvalue weighted by Gasteiger charge is -2.34. The van der Waals surface area contributed by atoms with Crippen LogP contribution in [0.4, 0.5) is 5.69 Å². The van der Waals surface area contributed by atoms with Crippen LogP contribution in [-0.4, -0.2) is 67.6 Å². The molecule has 8 heteroatoms. The molecule has 6 nitrogen and oxygen atoms in total. The van der Waals surface area contributed by atoms with Crippen molar-refractivity contribution in [3.63, 3.8) is 0 Å². The van der Waals surface area contributed by atoms with Gasteiger partial charge < -0.3 is 24.6 Å². The number of ether oxygens (including phenoxy) is 2. The molecule has 0 saturated carbocycles. The van der Waals surface area contributed by atoms with Crippen LogP contribution in [0.2, 0.25) is 0 Å². The van der Waals surface area contributed by atoms with Gasteiger partial charge in [0.15, 0.2) is 18.1 Å². The second-order valence-electron chi connectivity index (χ2n) is 8.20. The number of likely N-dealkylation sites (N-methyl/N-ethyl adjacent to an activating group) is 1. The summed E-state index contributed by atoms with van der Waals surface area (Å²) in [5, 5.41) is 2.96. The third-order valence-electron chi connectivity index (χ3n) is 5.56. The molecule has 1 heterocycles. The summed E-state index contributed by atoms with van der Waals surface area (Å²) in [6.45, 7) is 9.62. The molecule has 1 N–H and O–H groups in total. The summed E-state index contributed by atoms with van der Waals surface area (Å²) < 4.78 is 12.1. The first-order valence-corrected chi connectivity index (χ1v) is 11.8. The van der Waals surface area contributed by atoms with Crippen LogP contribution in [0.25, 0.3) is 0 Å². The van der Waals surface area contributed by atoms with Crippen LogP contribution < -0.4 is 14.8 Å². The lowest BCUT2D eigenvalue weighted by atomic mass is 10.1. The molecule has 0 aliphatic carbocycles. The van der Waals surface area contributed by atoms with Crippen LogP contribution in [0.5, 0.6) is 11.5 Å². The third-order valence-corrected chi connectivity index (χ3v) is 6.64. The number of piperazine rings is 1. The van der Waals surface area contributed by atoms with Gasteiger partial charge in [0.05, 0.1) is 11.6 Å². The first-order chi connectivity index (χ1) is 15.2. The second kappa shape index (κ2) is 10.6. The molecule has 2 aromatic rings. The van der Waals surface area contributed by atoms with Crippen LogP contribution in [0.15, 0.2) is 28.7 Å². The highest BCUT2D eigenvalue weighted by atomic mass is 79.9. The normalized spacial score (nSPS) is 14.2. The molecule has 0 unspecified atom stereocenters. The van der Waals surface area contributed by atoms with Crippen molar-refractivity contribution in [3.05, 3.63) is 51.0 Å². The number of halogens is 1. The summed E-state index contributed by atoms with van der Waals surface area (Å²) in [5.41, 5.74) is 4.92. The van der Waals surface area contributed by atoms with Crippen LogP contribution in [0.1, 0.15) is 22.3 Å². The number of nitrogens with one attached hydrogen (secondary N) is 1. The van der Waals surface area contributed by atoms with E-state index in [0.717, 1.165) is 59.1 Å². The number of carbonyl (C=O) groups excluding carboxylic acids is 1. The Morgan fingerprint density at radius 1 is 1.09 bits per heavy atom. The van der Waals surface area contributed by atoms with Gasteiger partial charge in [-0.3, -0.25) is 4.79 Å². The van der Waals surface area contributed by atoms with Gasteiger partial charge in [0, 0.05) is 37.4 Å². The van der Waals surface area contributed by atoms with Gasteiger partial charge in [-0.15, -0.1) is 0 Å². The van der Waals surface area contributed by atoms with E-state index in [2.05, 4.69) is 38.1 Å². The zero-order chi connectivity index (χ0) is 23.4. The molecular weight excluding hydrogens is 490 g/mol. The number of aryl methyl sites for hydroxylation is 3. The number of methoxy groups -OCH3 is 1. The topological polar surface area (TPSA) is 54.0 Å². The minimum atomic E-state index is -0.231. The highest BCUT2D eigenvalue weighted by Crippen LogP contribution is 2.37. The predicted octanol–water partition coefficient (Wildman–Crippen LogP) is 4.32. The molecule has 32 heavy (non-hydrogen) atoms. The second-order valence-corrected chi connectivity index (χ2v) is 9.44. The highest BCUT2D eigenvalue weighted by Gasteiger charge is 2.21. The molecule has 172 valence electrons. The molecule has 0 spiro atoms. The number of carbonyl (C=O) groups is 1. The Morgan fingerprint density at radius 3 is 2.31 bits per heavy atom. The number of amides is 1. The van der Waals surface area contributed by atoms with E-state index in [1.54, 1.807) is 7.11 Å². The predicted molar refractivity (Wildman–Crippen MR) is 136 cm³/mol. The molecule has 1 saturated heterocycles. The van der Waals surface area contributed by atoms with Crippen LogP contribution in [0, 0.1) is 20.8 Å². The maximum absolute atomic E-state index is 12.6. The fourth-order valence-electron chi connectivity index (χ4n) is 3.87. The fraction of sp³-hybridized carbons (Fsp3) is 0.417. The van der Waals surface area contributed by atoms with Gasteiger partial charge in [-0.25, -0.2) is 0 Å². The molecule has 0 bridgehead atoms. The first kappa shape index (κ1) is 24.5. The molecule has 3 rings (SSSR count). The molecule has 1 amide bonds. The number of anilines is 1. The Hall–Kier alpha value is -2.16. The highest BCUT2D eigenvalue weighted by molar-refractivity contribution is 9.10. The van der Waals surface area contributed by atoms with E-state index >= 15 is 0 Å². The number of rotatable bonds is 6. The zero-order valence-electron chi connectivity index (χ0n) is 19.3. The van der Waals surface area contributed by atoms with E-state index in [-0.39, 0.29) is 12.5 Å². The Labute approximate surface area is 204 Å². The molecule has 1 fully saturated rings. The minimum absolute atomic E-state index is 0.135. The molecule has 2 aromatic carbocycles. The van der Waals surface area contributed by atoms with Gasteiger partial charge in [-0.2, -0.15) is 0 Å². The van der Waals surface area contributed by atoms with Crippen LogP contribution in [-0.2, 0) is 4.79 Å². The largest absolute Gasteiger partial charge is 0.493 e. The van der Waals surface area contributed by atoms with Crippen molar-refractivity contribution in [2.24, 2.45) is 0 Å². The van der Waals surface area contributed by atoms with Crippen molar-refractivity contribution < 1.29 is 14.3 Å².